The average Bonchev–Trinajstić information content (AvgIpc) is 3.08. The zero-order valence-corrected chi connectivity index (χ0v) is 38.5. The van der Waals surface area contributed by atoms with Gasteiger partial charge in [-0.3, -0.25) is 15.1 Å². The summed E-state index contributed by atoms with van der Waals surface area (Å²) in [5.41, 5.74) is 2.13. The number of aliphatic hydroxyl groups is 1. The van der Waals surface area contributed by atoms with Crippen molar-refractivity contribution in [3.8, 4) is 17.2 Å². The number of nitro benzene ring substituents is 1. The molecular formula is C47H69BrN2O6. The maximum Gasteiger partial charge on any atom is 0.271 e. The first-order valence-electron chi connectivity index (χ1n) is 20.3. The van der Waals surface area contributed by atoms with Crippen molar-refractivity contribution in [3.63, 3.8) is 0 Å². The fraction of sp³-hybridized carbons (Fsp3) is 0.596. The van der Waals surface area contributed by atoms with E-state index in [1.165, 1.54) is 18.3 Å². The monoisotopic (exact) mass is 836 g/mol. The van der Waals surface area contributed by atoms with Crippen molar-refractivity contribution < 1.29 is 24.6 Å². The van der Waals surface area contributed by atoms with Gasteiger partial charge in [-0.1, -0.05) is 117 Å². The Morgan fingerprint density at radius 2 is 1.09 bits per heavy atom. The lowest BCUT2D eigenvalue weighted by atomic mass is 9.70. The Balaban J connectivity index is 2.64. The van der Waals surface area contributed by atoms with E-state index in [4.69, 9.17) is 14.5 Å². The van der Waals surface area contributed by atoms with E-state index in [9.17, 15) is 20.3 Å². The molecule has 0 radical (unpaired) electrons. The number of aromatic hydroxyl groups is 1. The van der Waals surface area contributed by atoms with Crippen molar-refractivity contribution >= 4 is 27.8 Å². The largest absolute Gasteiger partial charge is 0.506 e. The van der Waals surface area contributed by atoms with Gasteiger partial charge < -0.3 is 19.7 Å². The van der Waals surface area contributed by atoms with E-state index >= 15 is 0 Å². The van der Waals surface area contributed by atoms with Gasteiger partial charge in [-0.15, -0.1) is 0 Å². The molecule has 1 atom stereocenters. The van der Waals surface area contributed by atoms with Gasteiger partial charge in [-0.25, -0.2) is 0 Å². The predicted octanol–water partition coefficient (Wildman–Crippen LogP) is 12.7. The fourth-order valence-electron chi connectivity index (χ4n) is 6.91. The summed E-state index contributed by atoms with van der Waals surface area (Å²) >= 11 is 3.28. The van der Waals surface area contributed by atoms with Gasteiger partial charge in [0.1, 0.15) is 22.8 Å². The maximum absolute atomic E-state index is 14.0. The van der Waals surface area contributed by atoms with Gasteiger partial charge >= 0.3 is 0 Å². The van der Waals surface area contributed by atoms with Crippen LogP contribution in [0.1, 0.15) is 175 Å². The second kappa shape index (κ2) is 18.0. The van der Waals surface area contributed by atoms with Gasteiger partial charge in [0.25, 0.3) is 5.69 Å². The molecule has 1 unspecified atom stereocenters. The minimum absolute atomic E-state index is 0.169. The number of phenols is 1. The van der Waals surface area contributed by atoms with Gasteiger partial charge in [-0.2, -0.15) is 0 Å². The van der Waals surface area contributed by atoms with Gasteiger partial charge in [0.15, 0.2) is 0 Å². The first-order valence-corrected chi connectivity index (χ1v) is 21.1. The van der Waals surface area contributed by atoms with E-state index < -0.39 is 16.6 Å². The van der Waals surface area contributed by atoms with Crippen LogP contribution in [-0.2, 0) is 27.3 Å². The topological polar surface area (TPSA) is 114 Å². The minimum Gasteiger partial charge on any atom is -0.506 e. The average molecular weight is 838 g/mol. The van der Waals surface area contributed by atoms with Crippen LogP contribution in [0.2, 0.25) is 0 Å². The zero-order chi connectivity index (χ0) is 42.6. The molecule has 0 amide bonds. The number of hydrogen-bond acceptors (Lipinski definition) is 7. The summed E-state index contributed by atoms with van der Waals surface area (Å²) < 4.78 is 13.5. The lowest BCUT2D eigenvalue weighted by Crippen LogP contribution is -2.41. The Labute approximate surface area is 345 Å². The molecule has 0 aromatic heterocycles. The number of benzene rings is 3. The van der Waals surface area contributed by atoms with E-state index in [1.807, 2.05) is 6.92 Å². The van der Waals surface area contributed by atoms with Crippen molar-refractivity contribution in [3.05, 3.63) is 89.9 Å². The molecule has 0 bridgehead atoms. The molecule has 0 fully saturated rings. The van der Waals surface area contributed by atoms with Crippen molar-refractivity contribution in [1.29, 1.82) is 0 Å². The van der Waals surface area contributed by atoms with E-state index in [1.54, 1.807) is 0 Å². The third-order valence-electron chi connectivity index (χ3n) is 10.3. The van der Waals surface area contributed by atoms with Crippen LogP contribution in [0.3, 0.4) is 0 Å². The second-order valence-corrected chi connectivity index (χ2v) is 20.2. The molecule has 0 spiro atoms. The molecule has 0 saturated carbocycles. The molecule has 310 valence electrons. The predicted molar refractivity (Wildman–Crippen MR) is 236 cm³/mol. The van der Waals surface area contributed by atoms with E-state index in [-0.39, 0.29) is 43.1 Å². The highest BCUT2D eigenvalue weighted by Crippen LogP contribution is 2.49. The molecule has 8 nitrogen and oxygen atoms in total. The number of hydrogen-bond donors (Lipinski definition) is 2. The van der Waals surface area contributed by atoms with Crippen LogP contribution < -0.4 is 9.47 Å². The van der Waals surface area contributed by atoms with Crippen LogP contribution in [0.4, 0.5) is 5.69 Å². The fourth-order valence-corrected chi connectivity index (χ4v) is 7.38. The summed E-state index contributed by atoms with van der Waals surface area (Å²) in [6.07, 6.45) is 5.70. The highest BCUT2D eigenvalue weighted by molar-refractivity contribution is 9.10. The number of nitro groups is 1. The molecule has 0 heterocycles. The number of non-ortho nitro benzene ring substituents is 1. The Morgan fingerprint density at radius 3 is 1.39 bits per heavy atom. The second-order valence-electron chi connectivity index (χ2n) is 19.3. The molecule has 3 aromatic carbocycles. The molecule has 3 aromatic rings. The Bertz CT molecular complexity index is 1710. The van der Waals surface area contributed by atoms with Gasteiger partial charge in [0.2, 0.25) is 0 Å². The molecule has 0 saturated heterocycles. The number of nitrogens with zero attached hydrogens (tertiary/aromatic N) is 2. The molecule has 0 aliphatic rings. The molecule has 0 aliphatic heterocycles. The van der Waals surface area contributed by atoms with Gasteiger partial charge in [-0.05, 0) is 92.2 Å². The van der Waals surface area contributed by atoms with E-state index in [2.05, 4.69) is 137 Å². The van der Waals surface area contributed by atoms with Crippen LogP contribution in [-0.4, -0.2) is 40.6 Å². The minimum atomic E-state index is -1.72. The summed E-state index contributed by atoms with van der Waals surface area (Å²) in [7, 11) is 0. The standard InChI is InChI=1S/C47H69BrN2O6/c1-16-19-21-55-41-34(43(4,5)6)24-31(25-35(41)44(7,8)9)47(52,39(18-3)49-29-30-23-33(50(53)54)28-38(48)40(30)51)32-26-36(45(10,11)12)42(56-22-20-17-2)37(27-32)46(13,14)15/h23-29,39,51-52H,16-22H2,1-15H3. The van der Waals surface area contributed by atoms with E-state index in [0.29, 0.717) is 30.8 Å². The Kier molecular flexibility index (Phi) is 15.1. The van der Waals surface area contributed by atoms with Gasteiger partial charge in [0, 0.05) is 46.2 Å². The number of unbranched alkanes of at least 4 members (excludes halogenated alkanes) is 2. The highest BCUT2D eigenvalue weighted by atomic mass is 79.9. The molecule has 56 heavy (non-hydrogen) atoms. The Hall–Kier alpha value is -3.43. The lowest BCUT2D eigenvalue weighted by Gasteiger charge is -2.40. The van der Waals surface area contributed by atoms with Crippen molar-refractivity contribution in [2.24, 2.45) is 4.99 Å². The van der Waals surface area contributed by atoms with Crippen LogP contribution >= 0.6 is 15.9 Å². The summed E-state index contributed by atoms with van der Waals surface area (Å²) in [6, 6.07) is 10.1. The molecule has 0 aliphatic carbocycles. The van der Waals surface area contributed by atoms with E-state index in [0.717, 1.165) is 59.4 Å². The lowest BCUT2D eigenvalue weighted by molar-refractivity contribution is -0.385. The quantitative estimate of drug-likeness (QED) is 0.0682. The number of ether oxygens (including phenoxy) is 2. The summed E-state index contributed by atoms with van der Waals surface area (Å²) in [4.78, 5) is 16.3. The van der Waals surface area contributed by atoms with Crippen molar-refractivity contribution in [1.82, 2.24) is 0 Å². The summed E-state index contributed by atoms with van der Waals surface area (Å²) in [5, 5.41) is 36.8. The van der Waals surface area contributed by atoms with Gasteiger partial charge in [0.05, 0.1) is 28.7 Å². The highest BCUT2D eigenvalue weighted by Gasteiger charge is 2.44. The number of aliphatic imine (C=N–C) groups is 1. The molecular weight excluding hydrogens is 768 g/mol. The molecule has 9 heteroatoms. The summed E-state index contributed by atoms with van der Waals surface area (Å²) in [6.45, 7) is 33.5. The summed E-state index contributed by atoms with van der Waals surface area (Å²) in [5.74, 6) is 1.52. The Morgan fingerprint density at radius 1 is 0.714 bits per heavy atom. The number of halogens is 1. The first kappa shape index (κ1) is 46.9. The molecule has 2 N–H and O–H groups in total. The van der Waals surface area contributed by atoms with Crippen molar-refractivity contribution in [2.45, 2.75) is 169 Å². The third kappa shape index (κ3) is 10.7. The molecule has 3 rings (SSSR count). The first-order chi connectivity index (χ1) is 25.7. The zero-order valence-electron chi connectivity index (χ0n) is 36.9. The third-order valence-corrected chi connectivity index (χ3v) is 10.9. The van der Waals surface area contributed by atoms with Crippen LogP contribution in [0.5, 0.6) is 17.2 Å². The van der Waals surface area contributed by atoms with Crippen molar-refractivity contribution in [2.75, 3.05) is 13.2 Å². The smallest absolute Gasteiger partial charge is 0.271 e. The SMILES string of the molecule is CCCCOc1c(C(C)(C)C)cc(C(O)(c2cc(C(C)(C)C)c(OCCCC)c(C(C)(C)C)c2)C(CC)N=Cc2cc([N+](=O)[O-])cc(Br)c2O)cc1C(C)(C)C. The van der Waals surface area contributed by atoms with Crippen LogP contribution in [0.15, 0.2) is 45.9 Å². The van der Waals surface area contributed by atoms with Crippen LogP contribution in [0, 0.1) is 10.1 Å². The maximum atomic E-state index is 14.0. The number of phenolic OH excluding ortho intramolecular Hbond substituents is 1. The normalized spacial score (nSPS) is 13.7. The van der Waals surface area contributed by atoms with Crippen LogP contribution in [0.25, 0.3) is 0 Å². The number of rotatable bonds is 15.